The maximum absolute atomic E-state index is 12.9. The Labute approximate surface area is 155 Å². The normalized spacial score (nSPS) is 10.5. The van der Waals surface area contributed by atoms with Crippen LogP contribution in [0.5, 0.6) is 0 Å². The number of rotatable bonds is 5. The van der Waals surface area contributed by atoms with Crippen molar-refractivity contribution in [3.8, 4) is 0 Å². The fourth-order valence-electron chi connectivity index (χ4n) is 2.56. The van der Waals surface area contributed by atoms with Crippen molar-refractivity contribution >= 4 is 34.6 Å². The number of amides is 1. The SMILES string of the molecule is CN(Cc1ccc(Cl)s1)C(=O)c1ccccc1C(=O)c1ccccc1. The summed E-state index contributed by atoms with van der Waals surface area (Å²) >= 11 is 7.39. The molecule has 0 saturated carbocycles. The number of hydrogen-bond acceptors (Lipinski definition) is 3. The summed E-state index contributed by atoms with van der Waals surface area (Å²) in [5, 5.41) is 0. The summed E-state index contributed by atoms with van der Waals surface area (Å²) in [6, 6.07) is 19.6. The van der Waals surface area contributed by atoms with Crippen LogP contribution in [0.1, 0.15) is 31.2 Å². The van der Waals surface area contributed by atoms with Crippen LogP contribution in [0, 0.1) is 0 Å². The summed E-state index contributed by atoms with van der Waals surface area (Å²) in [5.41, 5.74) is 1.38. The molecule has 0 aliphatic carbocycles. The molecule has 1 amide bonds. The van der Waals surface area contributed by atoms with Crippen molar-refractivity contribution in [3.63, 3.8) is 0 Å². The first-order valence-electron chi connectivity index (χ1n) is 7.74. The molecule has 5 heteroatoms. The molecule has 0 aliphatic heterocycles. The lowest BCUT2D eigenvalue weighted by Gasteiger charge is -2.18. The maximum atomic E-state index is 12.9. The number of ketones is 1. The van der Waals surface area contributed by atoms with Crippen LogP contribution in [-0.2, 0) is 6.54 Å². The van der Waals surface area contributed by atoms with E-state index >= 15 is 0 Å². The zero-order valence-corrected chi connectivity index (χ0v) is 15.2. The summed E-state index contributed by atoms with van der Waals surface area (Å²) < 4.78 is 0.690. The number of benzene rings is 2. The molecule has 0 atom stereocenters. The molecule has 0 N–H and O–H groups in total. The zero-order chi connectivity index (χ0) is 17.8. The van der Waals surface area contributed by atoms with Crippen LogP contribution < -0.4 is 0 Å². The second kappa shape index (κ2) is 7.64. The van der Waals surface area contributed by atoms with Gasteiger partial charge < -0.3 is 4.90 Å². The summed E-state index contributed by atoms with van der Waals surface area (Å²) in [4.78, 5) is 28.2. The molecular formula is C20H16ClNO2S. The second-order valence-corrected chi connectivity index (χ2v) is 7.41. The molecule has 2 aromatic carbocycles. The average Bonchev–Trinajstić information content (AvgIpc) is 3.06. The monoisotopic (exact) mass is 369 g/mol. The standard InChI is InChI=1S/C20H16ClNO2S/c1-22(13-15-11-12-18(21)25-15)20(24)17-10-6-5-9-16(17)19(23)14-7-3-2-4-8-14/h2-12H,13H2,1H3. The molecule has 0 saturated heterocycles. The Bertz CT molecular complexity index is 905. The highest BCUT2D eigenvalue weighted by Crippen LogP contribution is 2.23. The van der Waals surface area contributed by atoms with Gasteiger partial charge in [-0.3, -0.25) is 9.59 Å². The lowest BCUT2D eigenvalue weighted by molar-refractivity contribution is 0.0782. The van der Waals surface area contributed by atoms with Crippen LogP contribution in [0.4, 0.5) is 0 Å². The van der Waals surface area contributed by atoms with Crippen molar-refractivity contribution in [1.29, 1.82) is 0 Å². The molecule has 0 unspecified atom stereocenters. The van der Waals surface area contributed by atoms with Crippen LogP contribution in [0.25, 0.3) is 0 Å². The molecule has 3 aromatic rings. The molecule has 126 valence electrons. The van der Waals surface area contributed by atoms with Gasteiger partial charge in [0.1, 0.15) is 0 Å². The molecule has 1 heterocycles. The van der Waals surface area contributed by atoms with E-state index in [1.54, 1.807) is 48.3 Å². The van der Waals surface area contributed by atoms with Gasteiger partial charge in [0.05, 0.1) is 16.4 Å². The van der Waals surface area contributed by atoms with Gasteiger partial charge in [0, 0.05) is 23.1 Å². The highest BCUT2D eigenvalue weighted by Gasteiger charge is 2.20. The predicted octanol–water partition coefficient (Wildman–Crippen LogP) is 4.90. The van der Waals surface area contributed by atoms with Gasteiger partial charge in [-0.15, -0.1) is 11.3 Å². The van der Waals surface area contributed by atoms with E-state index in [9.17, 15) is 9.59 Å². The molecule has 0 spiro atoms. The Kier molecular flexibility index (Phi) is 5.31. The van der Waals surface area contributed by atoms with Crippen LogP contribution >= 0.6 is 22.9 Å². The summed E-state index contributed by atoms with van der Waals surface area (Å²) in [6.07, 6.45) is 0. The van der Waals surface area contributed by atoms with Gasteiger partial charge in [0.25, 0.3) is 5.91 Å². The number of hydrogen-bond donors (Lipinski definition) is 0. The first-order valence-corrected chi connectivity index (χ1v) is 8.94. The van der Waals surface area contributed by atoms with Gasteiger partial charge in [-0.25, -0.2) is 0 Å². The van der Waals surface area contributed by atoms with Crippen molar-refractivity contribution in [3.05, 3.63) is 92.6 Å². The number of thiophene rings is 1. The molecule has 0 fully saturated rings. The third kappa shape index (κ3) is 3.98. The summed E-state index contributed by atoms with van der Waals surface area (Å²) in [6.45, 7) is 0.448. The minimum absolute atomic E-state index is 0.155. The lowest BCUT2D eigenvalue weighted by atomic mass is 9.97. The van der Waals surface area contributed by atoms with E-state index in [1.807, 2.05) is 30.3 Å². The third-order valence-electron chi connectivity index (χ3n) is 3.81. The van der Waals surface area contributed by atoms with E-state index in [-0.39, 0.29) is 11.7 Å². The van der Waals surface area contributed by atoms with Crippen molar-refractivity contribution in [2.75, 3.05) is 7.05 Å². The average molecular weight is 370 g/mol. The summed E-state index contributed by atoms with van der Waals surface area (Å²) in [7, 11) is 1.72. The van der Waals surface area contributed by atoms with E-state index in [0.717, 1.165) is 4.88 Å². The smallest absolute Gasteiger partial charge is 0.254 e. The Morgan fingerprint density at radius 2 is 1.56 bits per heavy atom. The van der Waals surface area contributed by atoms with E-state index < -0.39 is 0 Å². The Balaban J connectivity index is 1.87. The largest absolute Gasteiger partial charge is 0.337 e. The highest BCUT2D eigenvalue weighted by molar-refractivity contribution is 7.16. The molecule has 3 nitrogen and oxygen atoms in total. The second-order valence-electron chi connectivity index (χ2n) is 5.61. The minimum atomic E-state index is -0.190. The molecule has 0 aliphatic rings. The van der Waals surface area contributed by atoms with E-state index in [4.69, 9.17) is 11.6 Å². The Morgan fingerprint density at radius 1 is 0.920 bits per heavy atom. The third-order valence-corrected chi connectivity index (χ3v) is 5.02. The quantitative estimate of drug-likeness (QED) is 0.599. The van der Waals surface area contributed by atoms with Crippen LogP contribution in [-0.4, -0.2) is 23.6 Å². The van der Waals surface area contributed by atoms with E-state index in [1.165, 1.54) is 11.3 Å². The first kappa shape index (κ1) is 17.4. The highest BCUT2D eigenvalue weighted by atomic mass is 35.5. The molecule has 0 bridgehead atoms. The topological polar surface area (TPSA) is 37.4 Å². The number of nitrogens with zero attached hydrogens (tertiary/aromatic N) is 1. The predicted molar refractivity (Wildman–Crippen MR) is 101 cm³/mol. The van der Waals surface area contributed by atoms with Gasteiger partial charge in [0.15, 0.2) is 5.78 Å². The Hall–Kier alpha value is -2.43. The van der Waals surface area contributed by atoms with Crippen molar-refractivity contribution in [2.45, 2.75) is 6.54 Å². The maximum Gasteiger partial charge on any atom is 0.254 e. The van der Waals surface area contributed by atoms with Crippen LogP contribution in [0.2, 0.25) is 4.34 Å². The van der Waals surface area contributed by atoms with Crippen LogP contribution in [0.15, 0.2) is 66.7 Å². The molecule has 1 aromatic heterocycles. The molecular weight excluding hydrogens is 354 g/mol. The summed E-state index contributed by atoms with van der Waals surface area (Å²) in [5.74, 6) is -0.346. The van der Waals surface area contributed by atoms with Crippen molar-refractivity contribution < 1.29 is 9.59 Å². The number of carbonyl (C=O) groups excluding carboxylic acids is 2. The lowest BCUT2D eigenvalue weighted by Crippen LogP contribution is -2.27. The van der Waals surface area contributed by atoms with Gasteiger partial charge in [-0.1, -0.05) is 60.1 Å². The first-order chi connectivity index (χ1) is 12.1. The molecule has 25 heavy (non-hydrogen) atoms. The van der Waals surface area contributed by atoms with Gasteiger partial charge in [-0.2, -0.15) is 0 Å². The zero-order valence-electron chi connectivity index (χ0n) is 13.6. The van der Waals surface area contributed by atoms with Gasteiger partial charge in [-0.05, 0) is 18.2 Å². The van der Waals surface area contributed by atoms with Gasteiger partial charge in [0.2, 0.25) is 0 Å². The fraction of sp³-hybridized carbons (Fsp3) is 0.100. The molecule has 0 radical (unpaired) electrons. The van der Waals surface area contributed by atoms with E-state index in [0.29, 0.717) is 27.6 Å². The Morgan fingerprint density at radius 3 is 2.20 bits per heavy atom. The number of halogens is 1. The van der Waals surface area contributed by atoms with E-state index in [2.05, 4.69) is 0 Å². The fourth-order valence-corrected chi connectivity index (χ4v) is 3.70. The van der Waals surface area contributed by atoms with Crippen LogP contribution in [0.3, 0.4) is 0 Å². The van der Waals surface area contributed by atoms with Crippen molar-refractivity contribution in [2.24, 2.45) is 0 Å². The van der Waals surface area contributed by atoms with Gasteiger partial charge >= 0.3 is 0 Å². The number of carbonyl (C=O) groups is 2. The van der Waals surface area contributed by atoms with Crippen molar-refractivity contribution in [1.82, 2.24) is 4.90 Å². The minimum Gasteiger partial charge on any atom is -0.337 e. The molecule has 3 rings (SSSR count).